The summed E-state index contributed by atoms with van der Waals surface area (Å²) in [4.78, 5) is 10.7. The number of carboxylic acid groups (broad SMARTS) is 1. The summed E-state index contributed by atoms with van der Waals surface area (Å²) < 4.78 is 31.1. The van der Waals surface area contributed by atoms with Crippen LogP contribution in [0.1, 0.15) is 15.9 Å². The Hall–Kier alpha value is -2.14. The molecule has 0 aromatic heterocycles. The number of hydrogen-bond donors (Lipinski definition) is 1. The first kappa shape index (κ1) is 14.3. The highest BCUT2D eigenvalue weighted by atomic mass is 35.5. The van der Waals surface area contributed by atoms with E-state index in [9.17, 15) is 13.6 Å². The number of hydrogen-bond acceptors (Lipinski definition) is 2. The van der Waals surface area contributed by atoms with Crippen molar-refractivity contribution < 1.29 is 23.4 Å². The normalized spacial score (nSPS) is 10.3. The molecule has 104 valence electrons. The Morgan fingerprint density at radius 3 is 2.50 bits per heavy atom. The summed E-state index contributed by atoms with van der Waals surface area (Å²) in [5.74, 6) is -2.73. The quantitative estimate of drug-likeness (QED) is 0.931. The number of halogens is 3. The third-order valence-corrected chi connectivity index (χ3v) is 2.85. The van der Waals surface area contributed by atoms with E-state index in [2.05, 4.69) is 0 Å². The minimum atomic E-state index is -1.10. The predicted molar refractivity (Wildman–Crippen MR) is 69.1 cm³/mol. The van der Waals surface area contributed by atoms with Crippen LogP contribution in [0, 0.1) is 11.6 Å². The van der Waals surface area contributed by atoms with Gasteiger partial charge in [0.15, 0.2) is 11.6 Å². The molecule has 2 aromatic rings. The zero-order valence-electron chi connectivity index (χ0n) is 10.1. The predicted octanol–water partition coefficient (Wildman–Crippen LogP) is 3.90. The van der Waals surface area contributed by atoms with Gasteiger partial charge in [-0.05, 0) is 35.9 Å². The van der Waals surface area contributed by atoms with E-state index in [4.69, 9.17) is 21.4 Å². The summed E-state index contributed by atoms with van der Waals surface area (Å²) in [5.41, 5.74) is 0.470. The molecule has 0 heterocycles. The molecule has 3 nitrogen and oxygen atoms in total. The maximum Gasteiger partial charge on any atom is 0.335 e. The van der Waals surface area contributed by atoms with Crippen LogP contribution in [0.5, 0.6) is 5.75 Å². The van der Waals surface area contributed by atoms with Crippen LogP contribution in [-0.2, 0) is 6.61 Å². The largest absolute Gasteiger partial charge is 0.487 e. The van der Waals surface area contributed by atoms with Crippen LogP contribution in [0.3, 0.4) is 0 Å². The summed E-state index contributed by atoms with van der Waals surface area (Å²) in [7, 11) is 0. The fourth-order valence-corrected chi connectivity index (χ4v) is 1.78. The van der Waals surface area contributed by atoms with E-state index in [1.807, 2.05) is 0 Å². The van der Waals surface area contributed by atoms with E-state index in [0.717, 1.165) is 12.1 Å². The number of carbonyl (C=O) groups is 1. The van der Waals surface area contributed by atoms with Crippen molar-refractivity contribution in [3.63, 3.8) is 0 Å². The Kier molecular flexibility index (Phi) is 4.20. The standard InChI is InChI=1S/C14H9ClF2O3/c15-10-6-9(14(18)19)2-4-13(10)20-7-8-1-3-11(16)12(17)5-8/h1-6H,7H2,(H,18,19). The van der Waals surface area contributed by atoms with E-state index in [1.165, 1.54) is 24.3 Å². The summed E-state index contributed by atoms with van der Waals surface area (Å²) in [6, 6.07) is 7.42. The van der Waals surface area contributed by atoms with E-state index < -0.39 is 17.6 Å². The molecule has 20 heavy (non-hydrogen) atoms. The summed E-state index contributed by atoms with van der Waals surface area (Å²) >= 11 is 5.87. The third kappa shape index (κ3) is 3.24. The van der Waals surface area contributed by atoms with Crippen LogP contribution in [0.4, 0.5) is 8.78 Å². The van der Waals surface area contributed by atoms with Gasteiger partial charge in [-0.3, -0.25) is 0 Å². The Balaban J connectivity index is 2.10. The number of benzene rings is 2. The Bertz CT molecular complexity index is 659. The van der Waals surface area contributed by atoms with Gasteiger partial charge in [-0.2, -0.15) is 0 Å². The number of rotatable bonds is 4. The van der Waals surface area contributed by atoms with Crippen LogP contribution >= 0.6 is 11.6 Å². The van der Waals surface area contributed by atoms with Crippen LogP contribution in [-0.4, -0.2) is 11.1 Å². The van der Waals surface area contributed by atoms with Crippen LogP contribution in [0.15, 0.2) is 36.4 Å². The molecule has 0 unspecified atom stereocenters. The average molecular weight is 299 g/mol. The second kappa shape index (κ2) is 5.88. The fraction of sp³-hybridized carbons (Fsp3) is 0.0714. The first-order valence-electron chi connectivity index (χ1n) is 5.57. The smallest absolute Gasteiger partial charge is 0.335 e. The molecule has 0 radical (unpaired) electrons. The molecule has 0 aliphatic heterocycles. The van der Waals surface area contributed by atoms with Crippen molar-refractivity contribution in [3.8, 4) is 5.75 Å². The molecule has 0 bridgehead atoms. The molecule has 2 aromatic carbocycles. The summed E-state index contributed by atoms with van der Waals surface area (Å²) in [6.07, 6.45) is 0. The topological polar surface area (TPSA) is 46.5 Å². The lowest BCUT2D eigenvalue weighted by Crippen LogP contribution is -2.00. The van der Waals surface area contributed by atoms with Crippen molar-refractivity contribution in [2.45, 2.75) is 6.61 Å². The molecule has 2 rings (SSSR count). The van der Waals surface area contributed by atoms with Crippen molar-refractivity contribution in [2.24, 2.45) is 0 Å². The SMILES string of the molecule is O=C(O)c1ccc(OCc2ccc(F)c(F)c2)c(Cl)c1. The molecule has 0 amide bonds. The van der Waals surface area contributed by atoms with Gasteiger partial charge >= 0.3 is 5.97 Å². The summed E-state index contributed by atoms with van der Waals surface area (Å²) in [5, 5.41) is 8.92. The average Bonchev–Trinajstić information content (AvgIpc) is 2.41. The molecule has 6 heteroatoms. The maximum absolute atomic E-state index is 13.0. The van der Waals surface area contributed by atoms with Gasteiger partial charge in [-0.15, -0.1) is 0 Å². The molecule has 1 N–H and O–H groups in total. The summed E-state index contributed by atoms with van der Waals surface area (Å²) in [6.45, 7) is -0.0106. The zero-order valence-corrected chi connectivity index (χ0v) is 10.8. The van der Waals surface area contributed by atoms with Gasteiger partial charge in [0.2, 0.25) is 0 Å². The first-order valence-corrected chi connectivity index (χ1v) is 5.95. The van der Waals surface area contributed by atoms with E-state index in [-0.39, 0.29) is 22.9 Å². The molecule has 0 spiro atoms. The van der Waals surface area contributed by atoms with Crippen molar-refractivity contribution in [3.05, 3.63) is 64.2 Å². The van der Waals surface area contributed by atoms with Crippen LogP contribution in [0.2, 0.25) is 5.02 Å². The Labute approximate surface area is 118 Å². The molecule has 0 atom stereocenters. The van der Waals surface area contributed by atoms with Crippen molar-refractivity contribution in [1.29, 1.82) is 0 Å². The fourth-order valence-electron chi connectivity index (χ4n) is 1.54. The first-order chi connectivity index (χ1) is 9.47. The van der Waals surface area contributed by atoms with Gasteiger partial charge in [0, 0.05) is 0 Å². The van der Waals surface area contributed by atoms with Gasteiger partial charge in [-0.25, -0.2) is 13.6 Å². The van der Waals surface area contributed by atoms with E-state index in [1.54, 1.807) is 0 Å². The minimum Gasteiger partial charge on any atom is -0.487 e. The van der Waals surface area contributed by atoms with Crippen molar-refractivity contribution in [2.75, 3.05) is 0 Å². The highest BCUT2D eigenvalue weighted by molar-refractivity contribution is 6.32. The highest BCUT2D eigenvalue weighted by Gasteiger charge is 2.09. The van der Waals surface area contributed by atoms with Gasteiger partial charge in [-0.1, -0.05) is 17.7 Å². The molecule has 0 aliphatic rings. The Morgan fingerprint density at radius 1 is 1.15 bits per heavy atom. The van der Waals surface area contributed by atoms with Crippen LogP contribution in [0.25, 0.3) is 0 Å². The number of ether oxygens (including phenoxy) is 1. The molecular formula is C14H9ClF2O3. The Morgan fingerprint density at radius 2 is 1.90 bits per heavy atom. The van der Waals surface area contributed by atoms with Gasteiger partial charge in [0.25, 0.3) is 0 Å². The van der Waals surface area contributed by atoms with Crippen molar-refractivity contribution >= 4 is 17.6 Å². The minimum absolute atomic E-state index is 0.0106. The second-order valence-electron chi connectivity index (χ2n) is 3.99. The maximum atomic E-state index is 13.0. The lowest BCUT2D eigenvalue weighted by atomic mass is 10.2. The van der Waals surface area contributed by atoms with E-state index >= 15 is 0 Å². The monoisotopic (exact) mass is 298 g/mol. The van der Waals surface area contributed by atoms with Crippen LogP contribution < -0.4 is 4.74 Å². The molecule has 0 saturated heterocycles. The zero-order chi connectivity index (χ0) is 14.7. The third-order valence-electron chi connectivity index (χ3n) is 2.56. The van der Waals surface area contributed by atoms with Gasteiger partial charge < -0.3 is 9.84 Å². The molecular weight excluding hydrogens is 290 g/mol. The number of carboxylic acids is 1. The molecule has 0 saturated carbocycles. The molecule has 0 aliphatic carbocycles. The lowest BCUT2D eigenvalue weighted by molar-refractivity contribution is 0.0697. The second-order valence-corrected chi connectivity index (χ2v) is 4.39. The van der Waals surface area contributed by atoms with Crippen molar-refractivity contribution in [1.82, 2.24) is 0 Å². The number of aromatic carboxylic acids is 1. The lowest BCUT2D eigenvalue weighted by Gasteiger charge is -2.09. The van der Waals surface area contributed by atoms with E-state index in [0.29, 0.717) is 5.56 Å². The van der Waals surface area contributed by atoms with Gasteiger partial charge in [0.1, 0.15) is 12.4 Å². The van der Waals surface area contributed by atoms with Gasteiger partial charge in [0.05, 0.1) is 10.6 Å². The molecule has 0 fully saturated rings. The highest BCUT2D eigenvalue weighted by Crippen LogP contribution is 2.26.